The van der Waals surface area contributed by atoms with Crippen LogP contribution in [0.15, 0.2) is 41.0 Å². The third-order valence-electron chi connectivity index (χ3n) is 2.20. The average molecular weight is 228 g/mol. The second kappa shape index (κ2) is 5.55. The van der Waals surface area contributed by atoms with Gasteiger partial charge in [0.25, 0.3) is 0 Å². The molecule has 0 radical (unpaired) electrons. The molecule has 0 saturated carbocycles. The van der Waals surface area contributed by atoms with Crippen LogP contribution in [0.25, 0.3) is 0 Å². The summed E-state index contributed by atoms with van der Waals surface area (Å²) in [5, 5.41) is 0. The minimum absolute atomic E-state index is 0.0154. The van der Waals surface area contributed by atoms with Gasteiger partial charge in [-0.15, -0.1) is 0 Å². The number of carbonyl (C=O) groups excluding carboxylic acids is 4. The Balaban J connectivity index is 3.30. The molecule has 1 aliphatic carbocycles. The lowest BCUT2D eigenvalue weighted by molar-refractivity contribution is -0.112. The van der Waals surface area contributed by atoms with E-state index in [0.29, 0.717) is 0 Å². The van der Waals surface area contributed by atoms with Crippen molar-refractivity contribution in [2.75, 3.05) is 0 Å². The highest BCUT2D eigenvalue weighted by atomic mass is 16.1. The number of rotatable bonds is 2. The summed E-state index contributed by atoms with van der Waals surface area (Å²) in [6.45, 7) is 1.36. The summed E-state index contributed by atoms with van der Waals surface area (Å²) in [7, 11) is 0. The minimum Gasteiger partial charge on any atom is -0.295 e. The molecule has 4 nitrogen and oxygen atoms in total. The quantitative estimate of drug-likeness (QED) is 0.512. The Morgan fingerprint density at radius 3 is 2.41 bits per heavy atom. The van der Waals surface area contributed by atoms with Crippen LogP contribution in [-0.4, -0.2) is 23.6 Å². The maximum atomic E-state index is 10.8. The Hall–Kier alpha value is -2.50. The highest BCUT2D eigenvalue weighted by Crippen LogP contribution is 2.28. The van der Waals surface area contributed by atoms with Crippen LogP contribution in [-0.2, 0) is 19.2 Å². The zero-order valence-corrected chi connectivity index (χ0v) is 9.02. The average Bonchev–Trinajstić information content (AvgIpc) is 2.34. The summed E-state index contributed by atoms with van der Waals surface area (Å²) in [5.74, 6) is 3.93. The summed E-state index contributed by atoms with van der Waals surface area (Å²) in [6, 6.07) is 0. The van der Waals surface area contributed by atoms with Gasteiger partial charge in [0, 0.05) is 5.92 Å². The number of allylic oxidation sites excluding steroid dienone is 7. The van der Waals surface area contributed by atoms with E-state index < -0.39 is 5.92 Å². The molecule has 0 N–H and O–H groups in total. The lowest BCUT2D eigenvalue weighted by atomic mass is 9.84. The van der Waals surface area contributed by atoms with Crippen molar-refractivity contribution in [1.29, 1.82) is 0 Å². The summed E-state index contributed by atoms with van der Waals surface area (Å²) < 4.78 is 0. The molecule has 0 aliphatic heterocycles. The predicted molar refractivity (Wildman–Crippen MR) is 60.1 cm³/mol. The highest BCUT2D eigenvalue weighted by molar-refractivity contribution is 5.89. The second-order valence-corrected chi connectivity index (χ2v) is 3.36. The van der Waals surface area contributed by atoms with Crippen LogP contribution in [0.4, 0.5) is 0 Å². The third-order valence-corrected chi connectivity index (χ3v) is 2.20. The van der Waals surface area contributed by atoms with Gasteiger partial charge in [0.15, 0.2) is 5.78 Å². The summed E-state index contributed by atoms with van der Waals surface area (Å²) in [4.78, 5) is 42.8. The molecule has 1 aliphatic rings. The molecule has 0 saturated heterocycles. The lowest BCUT2D eigenvalue weighted by Gasteiger charge is -2.14. The Kier molecular flexibility index (Phi) is 4.10. The molecule has 0 aromatic heterocycles. The number of hydrogen-bond acceptors (Lipinski definition) is 4. The van der Waals surface area contributed by atoms with Gasteiger partial charge in [0.1, 0.15) is 17.8 Å². The van der Waals surface area contributed by atoms with Crippen molar-refractivity contribution in [2.45, 2.75) is 6.92 Å². The maximum Gasteiger partial charge on any atom is 0.152 e. The van der Waals surface area contributed by atoms with Crippen LogP contribution in [0.2, 0.25) is 0 Å². The Labute approximate surface area is 97.3 Å². The molecule has 1 atom stereocenters. The number of ketones is 1. The molecule has 0 heterocycles. The summed E-state index contributed by atoms with van der Waals surface area (Å²) in [5.41, 5.74) is -0.208. The Bertz CT molecular complexity index is 558. The second-order valence-electron chi connectivity index (χ2n) is 3.36. The molecule has 4 heteroatoms. The Morgan fingerprint density at radius 2 is 1.94 bits per heavy atom. The molecule has 0 aromatic rings. The zero-order chi connectivity index (χ0) is 12.8. The van der Waals surface area contributed by atoms with E-state index in [4.69, 9.17) is 0 Å². The molecule has 0 amide bonds. The van der Waals surface area contributed by atoms with Gasteiger partial charge >= 0.3 is 0 Å². The number of hydrogen-bond donors (Lipinski definition) is 0. The number of carbonyl (C=O) groups is 1. The molecular formula is C13H8O4. The molecule has 84 valence electrons. The van der Waals surface area contributed by atoms with E-state index in [2.05, 4.69) is 0 Å². The van der Waals surface area contributed by atoms with Crippen molar-refractivity contribution in [3.8, 4) is 0 Å². The highest BCUT2D eigenvalue weighted by Gasteiger charge is 2.23. The van der Waals surface area contributed by atoms with Gasteiger partial charge in [-0.3, -0.25) is 4.79 Å². The molecule has 0 fully saturated rings. The van der Waals surface area contributed by atoms with Crippen molar-refractivity contribution in [2.24, 2.45) is 5.92 Å². The smallest absolute Gasteiger partial charge is 0.152 e. The first kappa shape index (κ1) is 12.6. The fourth-order valence-corrected chi connectivity index (χ4v) is 1.40. The van der Waals surface area contributed by atoms with E-state index in [1.165, 1.54) is 37.2 Å². The standard InChI is InChI=1S/C13H8O4/c1-9(17)2-3-10-4-5-11(6-14)13(8-16)12(10)7-15/h2-5,10H,1H3. The van der Waals surface area contributed by atoms with Crippen molar-refractivity contribution in [3.05, 3.63) is 41.0 Å². The fourth-order valence-electron chi connectivity index (χ4n) is 1.40. The summed E-state index contributed by atoms with van der Waals surface area (Å²) >= 11 is 0. The van der Waals surface area contributed by atoms with Gasteiger partial charge in [-0.1, -0.05) is 12.2 Å². The van der Waals surface area contributed by atoms with Gasteiger partial charge in [0.05, 0.1) is 16.7 Å². The van der Waals surface area contributed by atoms with Gasteiger partial charge < -0.3 is 0 Å². The fraction of sp³-hybridized carbons (Fsp3) is 0.154. The SMILES string of the molecule is CC(=O)C=CC1C=CC(=C=O)C(=C=O)C1=C=O. The minimum atomic E-state index is -0.551. The predicted octanol–water partition coefficient (Wildman–Crippen LogP) is 0.592. The monoisotopic (exact) mass is 228 g/mol. The maximum absolute atomic E-state index is 10.8. The van der Waals surface area contributed by atoms with E-state index in [0.717, 1.165) is 0 Å². The molecule has 0 bridgehead atoms. The van der Waals surface area contributed by atoms with Gasteiger partial charge in [-0.25, -0.2) is 14.4 Å². The van der Waals surface area contributed by atoms with E-state index in [-0.39, 0.29) is 22.5 Å². The van der Waals surface area contributed by atoms with Crippen molar-refractivity contribution in [3.63, 3.8) is 0 Å². The lowest BCUT2D eigenvalue weighted by Crippen LogP contribution is -2.10. The molecule has 17 heavy (non-hydrogen) atoms. The molecule has 1 unspecified atom stereocenters. The van der Waals surface area contributed by atoms with Gasteiger partial charge in [-0.05, 0) is 19.1 Å². The summed E-state index contributed by atoms with van der Waals surface area (Å²) in [6.07, 6.45) is 5.62. The van der Waals surface area contributed by atoms with Crippen molar-refractivity contribution < 1.29 is 19.2 Å². The first-order valence-electron chi connectivity index (χ1n) is 4.77. The third kappa shape index (κ3) is 2.75. The van der Waals surface area contributed by atoms with Crippen LogP contribution < -0.4 is 0 Å². The van der Waals surface area contributed by atoms with Crippen molar-refractivity contribution in [1.82, 2.24) is 0 Å². The van der Waals surface area contributed by atoms with Crippen LogP contribution in [0, 0.1) is 5.92 Å². The Morgan fingerprint density at radius 1 is 1.24 bits per heavy atom. The van der Waals surface area contributed by atoms with Crippen molar-refractivity contribution >= 4 is 23.6 Å². The topological polar surface area (TPSA) is 68.3 Å². The van der Waals surface area contributed by atoms with Crippen LogP contribution in [0.3, 0.4) is 0 Å². The van der Waals surface area contributed by atoms with Crippen LogP contribution in [0.1, 0.15) is 6.92 Å². The first-order valence-corrected chi connectivity index (χ1v) is 4.77. The van der Waals surface area contributed by atoms with E-state index in [9.17, 15) is 19.2 Å². The largest absolute Gasteiger partial charge is 0.295 e. The zero-order valence-electron chi connectivity index (χ0n) is 9.02. The van der Waals surface area contributed by atoms with Gasteiger partial charge in [0.2, 0.25) is 0 Å². The first-order chi connectivity index (χ1) is 8.13. The van der Waals surface area contributed by atoms with E-state index >= 15 is 0 Å². The van der Waals surface area contributed by atoms with Gasteiger partial charge in [-0.2, -0.15) is 0 Å². The molecular weight excluding hydrogens is 220 g/mol. The van der Waals surface area contributed by atoms with Crippen LogP contribution >= 0.6 is 0 Å². The normalized spacial score (nSPS) is 18.9. The molecule has 0 aromatic carbocycles. The molecule has 0 spiro atoms. The van der Waals surface area contributed by atoms with E-state index in [1.807, 2.05) is 0 Å². The van der Waals surface area contributed by atoms with Crippen LogP contribution in [0.5, 0.6) is 0 Å². The van der Waals surface area contributed by atoms with E-state index in [1.54, 1.807) is 11.9 Å². The molecule has 1 rings (SSSR count).